The van der Waals surface area contributed by atoms with Crippen LogP contribution in [0.5, 0.6) is 0 Å². The quantitative estimate of drug-likeness (QED) is 0.243. The van der Waals surface area contributed by atoms with Gasteiger partial charge < -0.3 is 9.16 Å². The third kappa shape index (κ3) is 5.11. The van der Waals surface area contributed by atoms with E-state index in [1.54, 1.807) is 0 Å². The van der Waals surface area contributed by atoms with Gasteiger partial charge in [-0.3, -0.25) is 4.79 Å². The second-order valence-corrected chi connectivity index (χ2v) is 13.3. The Hall–Kier alpha value is -2.17. The van der Waals surface area contributed by atoms with Crippen LogP contribution in [0.25, 0.3) is 0 Å². The van der Waals surface area contributed by atoms with Gasteiger partial charge in [-0.05, 0) is 42.1 Å². The van der Waals surface area contributed by atoms with E-state index in [9.17, 15) is 4.79 Å². The molecule has 0 aliphatic heterocycles. The Kier molecular flexibility index (Phi) is 8.22. The minimum atomic E-state index is -2.53. The minimum Gasteiger partial charge on any atom is -0.468 e. The van der Waals surface area contributed by atoms with E-state index < -0.39 is 13.7 Å². The van der Waals surface area contributed by atoms with E-state index in [4.69, 9.17) is 9.16 Å². The molecule has 0 fully saturated rings. The standard InChI is InChI=1S/C26H36O3Si/c1-7-19-26(5,24(27)28-6)20-14-21-29-30(25(2,3)4,22-15-10-8-11-16-22)23-17-12-9-13-18-23/h7-13,15-19H,14,20-21H2,1-6H3/b19-7+. The van der Waals surface area contributed by atoms with Crippen LogP contribution in [0.2, 0.25) is 5.04 Å². The van der Waals surface area contributed by atoms with Crippen LogP contribution in [0, 0.1) is 5.41 Å². The van der Waals surface area contributed by atoms with Crippen LogP contribution in [-0.2, 0) is 14.0 Å². The third-order valence-corrected chi connectivity index (χ3v) is 10.8. The van der Waals surface area contributed by atoms with Crippen LogP contribution in [0.1, 0.15) is 47.5 Å². The van der Waals surface area contributed by atoms with Gasteiger partial charge >= 0.3 is 5.97 Å². The van der Waals surface area contributed by atoms with Crippen LogP contribution in [0.15, 0.2) is 72.8 Å². The molecular weight excluding hydrogens is 388 g/mol. The Balaban J connectivity index is 2.34. The molecule has 0 spiro atoms. The van der Waals surface area contributed by atoms with E-state index in [0.717, 1.165) is 6.42 Å². The number of carbonyl (C=O) groups is 1. The van der Waals surface area contributed by atoms with E-state index in [0.29, 0.717) is 13.0 Å². The van der Waals surface area contributed by atoms with Gasteiger partial charge in [0.2, 0.25) is 0 Å². The van der Waals surface area contributed by atoms with Crippen molar-refractivity contribution in [3.8, 4) is 0 Å². The summed E-state index contributed by atoms with van der Waals surface area (Å²) in [6.07, 6.45) is 5.31. The van der Waals surface area contributed by atoms with Gasteiger partial charge in [0.1, 0.15) is 0 Å². The molecule has 3 nitrogen and oxygen atoms in total. The third-order valence-electron chi connectivity index (χ3n) is 5.76. The lowest BCUT2D eigenvalue weighted by molar-refractivity contribution is -0.149. The summed E-state index contributed by atoms with van der Waals surface area (Å²) in [6, 6.07) is 21.3. The van der Waals surface area contributed by atoms with Gasteiger partial charge in [0, 0.05) is 6.61 Å². The van der Waals surface area contributed by atoms with Crippen molar-refractivity contribution in [2.24, 2.45) is 5.41 Å². The molecule has 162 valence electrons. The first-order chi connectivity index (χ1) is 14.2. The molecule has 0 heterocycles. The molecule has 0 saturated carbocycles. The normalized spacial score (nSPS) is 14.5. The van der Waals surface area contributed by atoms with Crippen LogP contribution in [0.4, 0.5) is 0 Å². The van der Waals surface area contributed by atoms with Crippen molar-refractivity contribution in [1.82, 2.24) is 0 Å². The molecule has 2 aromatic rings. The number of rotatable bonds is 9. The summed E-state index contributed by atoms with van der Waals surface area (Å²) in [5, 5.41) is 2.49. The van der Waals surface area contributed by atoms with E-state index in [1.807, 2.05) is 26.0 Å². The molecule has 1 atom stereocenters. The lowest BCUT2D eigenvalue weighted by Crippen LogP contribution is -2.66. The maximum absolute atomic E-state index is 12.3. The van der Waals surface area contributed by atoms with Gasteiger partial charge in [0.25, 0.3) is 8.32 Å². The summed E-state index contributed by atoms with van der Waals surface area (Å²) < 4.78 is 12.0. The van der Waals surface area contributed by atoms with E-state index in [2.05, 4.69) is 81.4 Å². The smallest absolute Gasteiger partial charge is 0.315 e. The highest BCUT2D eigenvalue weighted by molar-refractivity contribution is 6.99. The molecule has 1 unspecified atom stereocenters. The maximum Gasteiger partial charge on any atom is 0.315 e. The molecule has 2 aromatic carbocycles. The summed E-state index contributed by atoms with van der Waals surface area (Å²) >= 11 is 0. The number of methoxy groups -OCH3 is 1. The average molecular weight is 425 g/mol. The topological polar surface area (TPSA) is 35.5 Å². The predicted molar refractivity (Wildman–Crippen MR) is 128 cm³/mol. The van der Waals surface area contributed by atoms with Crippen molar-refractivity contribution in [2.75, 3.05) is 13.7 Å². The van der Waals surface area contributed by atoms with Gasteiger partial charge in [-0.25, -0.2) is 0 Å². The highest BCUT2D eigenvalue weighted by Crippen LogP contribution is 2.37. The van der Waals surface area contributed by atoms with E-state index >= 15 is 0 Å². The SMILES string of the molecule is C/C=C/C(C)(CCCO[Si](c1ccccc1)(c1ccccc1)C(C)(C)C)C(=O)OC. The molecule has 0 aliphatic carbocycles. The summed E-state index contributed by atoms with van der Waals surface area (Å²) in [5.41, 5.74) is -0.627. The Morgan fingerprint density at radius 2 is 1.43 bits per heavy atom. The number of ether oxygens (including phenoxy) is 1. The van der Waals surface area contributed by atoms with Crippen molar-refractivity contribution >= 4 is 24.7 Å². The Labute approximate surface area is 183 Å². The fraction of sp³-hybridized carbons (Fsp3) is 0.423. The Bertz CT molecular complexity index is 785. The largest absolute Gasteiger partial charge is 0.468 e. The van der Waals surface area contributed by atoms with Gasteiger partial charge in [-0.15, -0.1) is 0 Å². The number of carbonyl (C=O) groups excluding carboxylic acids is 1. The number of allylic oxidation sites excluding steroid dienone is 1. The summed E-state index contributed by atoms with van der Waals surface area (Å²) in [5.74, 6) is -0.203. The lowest BCUT2D eigenvalue weighted by Gasteiger charge is -2.43. The van der Waals surface area contributed by atoms with Gasteiger partial charge in [0.05, 0.1) is 12.5 Å². The first kappa shape index (κ1) is 24.1. The fourth-order valence-corrected chi connectivity index (χ4v) is 8.89. The van der Waals surface area contributed by atoms with Crippen molar-refractivity contribution in [2.45, 2.75) is 52.5 Å². The number of hydrogen-bond donors (Lipinski definition) is 0. The highest BCUT2D eigenvalue weighted by Gasteiger charge is 2.50. The summed E-state index contributed by atoms with van der Waals surface area (Å²) in [4.78, 5) is 12.3. The first-order valence-electron chi connectivity index (χ1n) is 10.7. The fourth-order valence-electron chi connectivity index (χ4n) is 4.28. The van der Waals surface area contributed by atoms with Crippen LogP contribution < -0.4 is 10.4 Å². The molecule has 4 heteroatoms. The van der Waals surface area contributed by atoms with Crippen LogP contribution >= 0.6 is 0 Å². The number of esters is 1. The zero-order chi connectivity index (χ0) is 22.3. The zero-order valence-corrected chi connectivity index (χ0v) is 20.3. The lowest BCUT2D eigenvalue weighted by atomic mass is 9.85. The van der Waals surface area contributed by atoms with Crippen molar-refractivity contribution in [3.05, 3.63) is 72.8 Å². The molecule has 30 heavy (non-hydrogen) atoms. The number of hydrogen-bond acceptors (Lipinski definition) is 3. The Morgan fingerprint density at radius 3 is 1.83 bits per heavy atom. The van der Waals surface area contributed by atoms with E-state index in [1.165, 1.54) is 17.5 Å². The minimum absolute atomic E-state index is 0.0509. The molecule has 2 rings (SSSR count). The van der Waals surface area contributed by atoms with Gasteiger partial charge in [0.15, 0.2) is 0 Å². The Morgan fingerprint density at radius 1 is 0.933 bits per heavy atom. The van der Waals surface area contributed by atoms with Crippen molar-refractivity contribution < 1.29 is 14.0 Å². The zero-order valence-electron chi connectivity index (χ0n) is 19.3. The summed E-state index contributed by atoms with van der Waals surface area (Å²) in [6.45, 7) is 11.3. The van der Waals surface area contributed by atoms with Gasteiger partial charge in [-0.1, -0.05) is 93.6 Å². The number of benzene rings is 2. The molecule has 0 saturated heterocycles. The molecular formula is C26H36O3Si. The second-order valence-electron chi connectivity index (χ2n) is 9.02. The monoisotopic (exact) mass is 424 g/mol. The van der Waals surface area contributed by atoms with Gasteiger partial charge in [-0.2, -0.15) is 0 Å². The van der Waals surface area contributed by atoms with Crippen molar-refractivity contribution in [1.29, 1.82) is 0 Å². The van der Waals surface area contributed by atoms with E-state index in [-0.39, 0.29) is 11.0 Å². The maximum atomic E-state index is 12.3. The van der Waals surface area contributed by atoms with Crippen molar-refractivity contribution in [3.63, 3.8) is 0 Å². The molecule has 0 aliphatic rings. The molecule has 0 amide bonds. The second kappa shape index (κ2) is 10.2. The van der Waals surface area contributed by atoms with Crippen LogP contribution in [-0.4, -0.2) is 28.0 Å². The van der Waals surface area contributed by atoms with Crippen LogP contribution in [0.3, 0.4) is 0 Å². The average Bonchev–Trinajstić information content (AvgIpc) is 2.74. The molecule has 0 bridgehead atoms. The molecule has 0 radical (unpaired) electrons. The predicted octanol–water partition coefficient (Wildman–Crippen LogP) is 5.10. The first-order valence-corrected chi connectivity index (χ1v) is 12.6. The molecule has 0 aromatic heterocycles. The summed E-state index contributed by atoms with van der Waals surface area (Å²) in [7, 11) is -1.09. The highest BCUT2D eigenvalue weighted by atomic mass is 28.4. The molecule has 0 N–H and O–H groups in total.